The summed E-state index contributed by atoms with van der Waals surface area (Å²) in [6.07, 6.45) is 0.710. The Balaban J connectivity index is 3.58. The molecule has 1 N–H and O–H groups in total. The molecule has 0 aliphatic heterocycles. The number of hydrogen-bond acceptors (Lipinski definition) is 2. The number of rotatable bonds is 3. The van der Waals surface area contributed by atoms with Crippen molar-refractivity contribution in [2.24, 2.45) is 5.41 Å². The normalized spacial score (nSPS) is 13.1. The lowest BCUT2D eigenvalue weighted by atomic mass is 9.81. The van der Waals surface area contributed by atoms with Gasteiger partial charge in [-0.25, -0.2) is 4.79 Å². The van der Waals surface area contributed by atoms with E-state index in [1.807, 2.05) is 27.7 Å². The van der Waals surface area contributed by atoms with Gasteiger partial charge in [0.1, 0.15) is 5.15 Å². The Morgan fingerprint density at radius 1 is 1.15 bits per heavy atom. The Bertz CT molecular complexity index is 604. The van der Waals surface area contributed by atoms with Crippen LogP contribution in [0.1, 0.15) is 66.4 Å². The summed E-state index contributed by atoms with van der Waals surface area (Å²) in [5, 5.41) is 0.151. The Morgan fingerprint density at radius 3 is 2.05 bits per heavy atom. The van der Waals surface area contributed by atoms with Crippen LogP contribution in [0.2, 0.25) is 5.15 Å². The molecule has 5 heteroatoms. The summed E-state index contributed by atoms with van der Waals surface area (Å²) in [6, 6.07) is 0. The third kappa shape index (κ3) is 3.54. The van der Waals surface area contributed by atoms with Crippen LogP contribution >= 0.6 is 11.6 Å². The Kier molecular flexibility index (Phi) is 4.59. The van der Waals surface area contributed by atoms with Crippen molar-refractivity contribution in [1.29, 1.82) is 0 Å². The maximum atomic E-state index is 12.6. The Morgan fingerprint density at radius 2 is 1.65 bits per heavy atom. The van der Waals surface area contributed by atoms with Crippen LogP contribution in [0.5, 0.6) is 0 Å². The summed E-state index contributed by atoms with van der Waals surface area (Å²) in [4.78, 5) is 27.4. The van der Waals surface area contributed by atoms with Gasteiger partial charge < -0.3 is 0 Å². The molecule has 0 atom stereocenters. The minimum absolute atomic E-state index is 0.00695. The van der Waals surface area contributed by atoms with Gasteiger partial charge in [-0.1, -0.05) is 46.2 Å². The summed E-state index contributed by atoms with van der Waals surface area (Å²) >= 11 is 6.02. The van der Waals surface area contributed by atoms with E-state index in [0.29, 0.717) is 12.0 Å². The topological polar surface area (TPSA) is 54.9 Å². The van der Waals surface area contributed by atoms with Crippen molar-refractivity contribution in [2.45, 2.75) is 66.3 Å². The maximum Gasteiger partial charge on any atom is 0.329 e. The number of nitrogens with zero attached hydrogens (tertiary/aromatic N) is 1. The van der Waals surface area contributed by atoms with Gasteiger partial charge >= 0.3 is 5.69 Å². The van der Waals surface area contributed by atoms with Crippen LogP contribution in [0, 0.1) is 5.41 Å². The fourth-order valence-corrected chi connectivity index (χ4v) is 3.33. The molecule has 0 radical (unpaired) electrons. The lowest BCUT2D eigenvalue weighted by Gasteiger charge is -2.33. The smallest absolute Gasteiger partial charge is 0.297 e. The van der Waals surface area contributed by atoms with Gasteiger partial charge in [-0.05, 0) is 31.6 Å². The van der Waals surface area contributed by atoms with Gasteiger partial charge in [-0.3, -0.25) is 14.3 Å². The first kappa shape index (κ1) is 17.0. The highest BCUT2D eigenvalue weighted by molar-refractivity contribution is 6.30. The number of H-pyrrole nitrogens is 1. The predicted octanol–water partition coefficient (Wildman–Crippen LogP) is 3.48. The first-order chi connectivity index (χ1) is 8.87. The summed E-state index contributed by atoms with van der Waals surface area (Å²) in [5.41, 5.74) is -0.834. The molecule has 20 heavy (non-hydrogen) atoms. The molecule has 0 amide bonds. The van der Waals surface area contributed by atoms with Crippen LogP contribution in [0.15, 0.2) is 9.59 Å². The van der Waals surface area contributed by atoms with E-state index in [9.17, 15) is 9.59 Å². The SMILES string of the molecule is CC(C)c1c(Cl)[nH]c(=O)n(C(C)(C)CC(C)(C)C)c1=O. The van der Waals surface area contributed by atoms with Crippen molar-refractivity contribution in [3.05, 3.63) is 31.6 Å². The fraction of sp³-hybridized carbons (Fsp3) is 0.733. The molecule has 1 heterocycles. The van der Waals surface area contributed by atoms with Gasteiger partial charge in [0.25, 0.3) is 5.56 Å². The summed E-state index contributed by atoms with van der Waals surface area (Å²) in [7, 11) is 0. The molecule has 4 nitrogen and oxygen atoms in total. The number of hydrogen-bond donors (Lipinski definition) is 1. The van der Waals surface area contributed by atoms with E-state index in [4.69, 9.17) is 11.6 Å². The monoisotopic (exact) mass is 300 g/mol. The zero-order valence-electron chi connectivity index (χ0n) is 13.4. The van der Waals surface area contributed by atoms with Crippen molar-refractivity contribution in [2.75, 3.05) is 0 Å². The van der Waals surface area contributed by atoms with E-state index in [1.54, 1.807) is 0 Å². The van der Waals surface area contributed by atoms with E-state index in [1.165, 1.54) is 4.57 Å². The van der Waals surface area contributed by atoms with E-state index >= 15 is 0 Å². The van der Waals surface area contributed by atoms with Crippen LogP contribution in [-0.2, 0) is 5.54 Å². The molecule has 0 fully saturated rings. The van der Waals surface area contributed by atoms with Gasteiger partial charge in [0.05, 0.1) is 5.56 Å². The summed E-state index contributed by atoms with van der Waals surface area (Å²) < 4.78 is 1.31. The highest BCUT2D eigenvalue weighted by atomic mass is 35.5. The zero-order chi connectivity index (χ0) is 15.9. The van der Waals surface area contributed by atoms with Crippen molar-refractivity contribution in [1.82, 2.24) is 9.55 Å². The predicted molar refractivity (Wildman–Crippen MR) is 83.8 cm³/mol. The molecule has 0 aliphatic rings. The second-order valence-electron chi connectivity index (χ2n) is 7.50. The number of aromatic amines is 1. The number of aromatic nitrogens is 2. The minimum atomic E-state index is -0.572. The largest absolute Gasteiger partial charge is 0.329 e. The van der Waals surface area contributed by atoms with Crippen molar-refractivity contribution >= 4 is 11.6 Å². The molecular weight excluding hydrogens is 276 g/mol. The molecule has 1 aromatic rings. The molecule has 0 unspecified atom stereocenters. The highest BCUT2D eigenvalue weighted by Crippen LogP contribution is 2.31. The van der Waals surface area contributed by atoms with Crippen molar-refractivity contribution in [3.63, 3.8) is 0 Å². The Labute approximate surface area is 125 Å². The van der Waals surface area contributed by atoms with Gasteiger partial charge in [0.2, 0.25) is 0 Å². The second-order valence-corrected chi connectivity index (χ2v) is 7.88. The van der Waals surface area contributed by atoms with Gasteiger partial charge in [-0.2, -0.15) is 0 Å². The molecular formula is C15H25ClN2O2. The molecule has 1 rings (SSSR count). The summed E-state index contributed by atoms with van der Waals surface area (Å²) in [5.74, 6) is -0.0384. The maximum absolute atomic E-state index is 12.6. The van der Waals surface area contributed by atoms with Crippen LogP contribution < -0.4 is 11.2 Å². The average Bonchev–Trinajstić information content (AvgIpc) is 2.09. The molecule has 0 saturated heterocycles. The third-order valence-corrected chi connectivity index (χ3v) is 3.53. The quantitative estimate of drug-likeness (QED) is 0.869. The Hall–Kier alpha value is -1.03. The molecule has 0 aromatic carbocycles. The van der Waals surface area contributed by atoms with E-state index in [2.05, 4.69) is 25.8 Å². The third-order valence-electron chi connectivity index (χ3n) is 3.24. The van der Waals surface area contributed by atoms with Crippen LogP contribution in [0.25, 0.3) is 0 Å². The van der Waals surface area contributed by atoms with Crippen LogP contribution in [0.3, 0.4) is 0 Å². The standard InChI is InChI=1S/C15H25ClN2O2/c1-9(2)10-11(16)17-13(20)18(12(10)19)15(6,7)8-14(3,4)5/h9H,8H2,1-7H3,(H,17,20). The van der Waals surface area contributed by atoms with Gasteiger partial charge in [0.15, 0.2) is 0 Å². The lowest BCUT2D eigenvalue weighted by molar-refractivity contribution is 0.203. The van der Waals surface area contributed by atoms with E-state index in [-0.39, 0.29) is 22.0 Å². The first-order valence-corrected chi connectivity index (χ1v) is 7.30. The second kappa shape index (κ2) is 5.40. The molecule has 0 spiro atoms. The average molecular weight is 301 g/mol. The van der Waals surface area contributed by atoms with Crippen LogP contribution in [0.4, 0.5) is 0 Å². The first-order valence-electron chi connectivity index (χ1n) is 6.92. The zero-order valence-corrected chi connectivity index (χ0v) is 14.2. The summed E-state index contributed by atoms with van der Waals surface area (Å²) in [6.45, 7) is 13.9. The molecule has 0 saturated carbocycles. The van der Waals surface area contributed by atoms with E-state index in [0.717, 1.165) is 0 Å². The minimum Gasteiger partial charge on any atom is -0.297 e. The lowest BCUT2D eigenvalue weighted by Crippen LogP contribution is -2.49. The number of halogens is 1. The molecule has 1 aromatic heterocycles. The molecule has 114 valence electrons. The van der Waals surface area contributed by atoms with Crippen molar-refractivity contribution < 1.29 is 0 Å². The molecule has 0 aliphatic carbocycles. The fourth-order valence-electron chi connectivity index (χ4n) is 2.95. The van der Waals surface area contributed by atoms with E-state index < -0.39 is 11.2 Å². The van der Waals surface area contributed by atoms with Crippen LogP contribution in [-0.4, -0.2) is 9.55 Å². The molecule has 0 bridgehead atoms. The number of nitrogens with one attached hydrogen (secondary N) is 1. The van der Waals surface area contributed by atoms with Gasteiger partial charge in [-0.15, -0.1) is 0 Å². The van der Waals surface area contributed by atoms with Crippen molar-refractivity contribution in [3.8, 4) is 0 Å². The van der Waals surface area contributed by atoms with Gasteiger partial charge in [0, 0.05) is 5.54 Å². The highest BCUT2D eigenvalue weighted by Gasteiger charge is 2.31.